The van der Waals surface area contributed by atoms with Crippen LogP contribution in [0.5, 0.6) is 5.75 Å². The molecule has 1 unspecified atom stereocenters. The van der Waals surface area contributed by atoms with Crippen LogP contribution in [0.25, 0.3) is 21.9 Å². The first-order valence-electron chi connectivity index (χ1n) is 9.24. The van der Waals surface area contributed by atoms with Crippen LogP contribution in [0.1, 0.15) is 32.1 Å². The topological polar surface area (TPSA) is 46.5 Å². The maximum atomic E-state index is 12.9. The molecule has 1 fully saturated rings. The van der Waals surface area contributed by atoms with Crippen molar-refractivity contribution < 1.29 is 14.0 Å². The summed E-state index contributed by atoms with van der Waals surface area (Å²) in [4.78, 5) is 10.6. The van der Waals surface area contributed by atoms with Gasteiger partial charge in [0, 0.05) is 5.56 Å². The summed E-state index contributed by atoms with van der Waals surface area (Å²) < 4.78 is 18.6. The van der Waals surface area contributed by atoms with E-state index in [1.807, 2.05) is 36.4 Å². The summed E-state index contributed by atoms with van der Waals surface area (Å²) in [6.45, 7) is 0. The van der Waals surface area contributed by atoms with Crippen LogP contribution in [0, 0.1) is 0 Å². The minimum absolute atomic E-state index is 0.249. The lowest BCUT2D eigenvalue weighted by Gasteiger charge is -2.26. The smallest absolute Gasteiger partial charge is 0.379 e. The lowest BCUT2D eigenvalue weighted by molar-refractivity contribution is 0.344. The summed E-state index contributed by atoms with van der Waals surface area (Å²) >= 11 is 0. The zero-order valence-corrected chi connectivity index (χ0v) is 15.6. The molecule has 4 rings (SSSR count). The first-order valence-corrected chi connectivity index (χ1v) is 10.9. The van der Waals surface area contributed by atoms with E-state index < -0.39 is 7.60 Å². The van der Waals surface area contributed by atoms with Crippen molar-refractivity contribution in [2.24, 2.45) is 0 Å². The van der Waals surface area contributed by atoms with Crippen LogP contribution in [-0.4, -0.2) is 10.6 Å². The van der Waals surface area contributed by atoms with Gasteiger partial charge in [0.2, 0.25) is 0 Å². The molecule has 3 aromatic carbocycles. The average Bonchev–Trinajstić information content (AvgIpc) is 2.68. The molecule has 3 nitrogen and oxygen atoms in total. The van der Waals surface area contributed by atoms with Gasteiger partial charge in [-0.15, -0.1) is 0 Å². The summed E-state index contributed by atoms with van der Waals surface area (Å²) in [6.07, 6.45) is 4.69. The second-order valence-electron chi connectivity index (χ2n) is 7.01. The molecule has 0 radical (unpaired) electrons. The number of hydrogen-bond acceptors (Lipinski definition) is 2. The second kappa shape index (κ2) is 7.26. The molecule has 1 aliphatic carbocycles. The predicted octanol–water partition coefficient (Wildman–Crippen LogP) is 6.40. The molecule has 1 N–H and O–H groups in total. The van der Waals surface area contributed by atoms with Gasteiger partial charge < -0.3 is 9.42 Å². The number of fused-ring (bicyclic) bond motifs is 1. The normalized spacial score (nSPS) is 17.7. The Bertz CT molecular complexity index is 960. The lowest BCUT2D eigenvalue weighted by Crippen LogP contribution is -2.16. The van der Waals surface area contributed by atoms with Gasteiger partial charge in [0.05, 0.1) is 5.66 Å². The molecule has 1 aliphatic rings. The number of hydrogen-bond donors (Lipinski definition) is 1. The molecule has 3 aromatic rings. The first kappa shape index (κ1) is 17.3. The van der Waals surface area contributed by atoms with Crippen molar-refractivity contribution in [3.05, 3.63) is 66.7 Å². The molecule has 0 bridgehead atoms. The Morgan fingerprint density at radius 3 is 2.35 bits per heavy atom. The van der Waals surface area contributed by atoms with Gasteiger partial charge in [-0.1, -0.05) is 73.9 Å². The van der Waals surface area contributed by atoms with Crippen LogP contribution >= 0.6 is 7.60 Å². The minimum Gasteiger partial charge on any atom is -0.424 e. The van der Waals surface area contributed by atoms with Crippen LogP contribution in [0.15, 0.2) is 66.7 Å². The van der Waals surface area contributed by atoms with E-state index in [-0.39, 0.29) is 5.66 Å². The largest absolute Gasteiger partial charge is 0.424 e. The summed E-state index contributed by atoms with van der Waals surface area (Å²) in [5.74, 6) is 0.485. The molecular formula is C22H23O3P. The fourth-order valence-electron chi connectivity index (χ4n) is 3.76. The molecule has 0 amide bonds. The molecule has 1 saturated carbocycles. The maximum Gasteiger partial charge on any atom is 0.379 e. The average molecular weight is 366 g/mol. The number of rotatable bonds is 4. The van der Waals surface area contributed by atoms with E-state index in [1.54, 1.807) is 6.07 Å². The Balaban J connectivity index is 1.68. The fourth-order valence-corrected chi connectivity index (χ4v) is 5.37. The summed E-state index contributed by atoms with van der Waals surface area (Å²) in [7, 11) is -3.69. The number of para-hydroxylation sites is 1. The fraction of sp³-hybridized carbons (Fsp3) is 0.273. The second-order valence-corrected chi connectivity index (χ2v) is 9.05. The molecule has 0 heterocycles. The minimum atomic E-state index is -3.69. The van der Waals surface area contributed by atoms with Gasteiger partial charge in [0.1, 0.15) is 5.75 Å². The maximum absolute atomic E-state index is 12.9. The Hall–Kier alpha value is -2.09. The Morgan fingerprint density at radius 2 is 1.54 bits per heavy atom. The molecule has 134 valence electrons. The van der Waals surface area contributed by atoms with E-state index in [0.717, 1.165) is 48.6 Å². The zero-order valence-electron chi connectivity index (χ0n) is 14.7. The monoisotopic (exact) mass is 366 g/mol. The van der Waals surface area contributed by atoms with Gasteiger partial charge in [-0.25, -0.2) is 4.57 Å². The predicted molar refractivity (Wildman–Crippen MR) is 107 cm³/mol. The lowest BCUT2D eigenvalue weighted by atomic mass is 10.0. The number of benzene rings is 3. The van der Waals surface area contributed by atoms with Crippen molar-refractivity contribution in [3.8, 4) is 16.9 Å². The highest BCUT2D eigenvalue weighted by Gasteiger charge is 2.35. The summed E-state index contributed by atoms with van der Waals surface area (Å²) in [6, 6.07) is 21.9. The Kier molecular flexibility index (Phi) is 4.84. The quantitative estimate of drug-likeness (QED) is 0.543. The summed E-state index contributed by atoms with van der Waals surface area (Å²) in [5, 5.41) is 2.31. The van der Waals surface area contributed by atoms with E-state index in [9.17, 15) is 9.46 Å². The van der Waals surface area contributed by atoms with Gasteiger partial charge in [-0.05, 0) is 41.3 Å². The highest BCUT2D eigenvalue weighted by Crippen LogP contribution is 2.54. The van der Waals surface area contributed by atoms with Crippen molar-refractivity contribution in [3.63, 3.8) is 0 Å². The van der Waals surface area contributed by atoms with Gasteiger partial charge >= 0.3 is 7.60 Å². The third-order valence-electron chi connectivity index (χ3n) is 5.21. The van der Waals surface area contributed by atoms with E-state index in [2.05, 4.69) is 24.3 Å². The van der Waals surface area contributed by atoms with Crippen LogP contribution in [-0.2, 0) is 4.57 Å². The van der Waals surface area contributed by atoms with Crippen LogP contribution in [0.2, 0.25) is 0 Å². The highest BCUT2D eigenvalue weighted by atomic mass is 31.2. The van der Waals surface area contributed by atoms with E-state index in [1.165, 1.54) is 5.39 Å². The summed E-state index contributed by atoms with van der Waals surface area (Å²) in [5.41, 5.74) is 1.59. The first-order chi connectivity index (χ1) is 12.6. The van der Waals surface area contributed by atoms with Crippen molar-refractivity contribution >= 4 is 18.4 Å². The molecule has 26 heavy (non-hydrogen) atoms. The van der Waals surface area contributed by atoms with Gasteiger partial charge in [0.25, 0.3) is 0 Å². The third-order valence-corrected chi connectivity index (χ3v) is 7.11. The van der Waals surface area contributed by atoms with Crippen molar-refractivity contribution in [2.45, 2.75) is 37.8 Å². The Morgan fingerprint density at radius 1 is 0.846 bits per heavy atom. The molecule has 0 spiro atoms. The van der Waals surface area contributed by atoms with E-state index in [4.69, 9.17) is 4.52 Å². The van der Waals surface area contributed by atoms with E-state index in [0.29, 0.717) is 5.75 Å². The van der Waals surface area contributed by atoms with Gasteiger partial charge in [-0.3, -0.25) is 0 Å². The van der Waals surface area contributed by atoms with Gasteiger partial charge in [-0.2, -0.15) is 0 Å². The molecular weight excluding hydrogens is 343 g/mol. The molecule has 0 aromatic heterocycles. The van der Waals surface area contributed by atoms with Crippen molar-refractivity contribution in [2.75, 3.05) is 0 Å². The van der Waals surface area contributed by atoms with Crippen LogP contribution in [0.3, 0.4) is 0 Å². The SMILES string of the molecule is O=P(O)(Oc1ccccc1-c1ccc2ccccc2c1)C1CCCCC1. The highest BCUT2D eigenvalue weighted by molar-refractivity contribution is 7.54. The standard InChI is InChI=1S/C22H23O3P/c23-26(24,20-10-2-1-3-11-20)25-22-13-7-6-12-21(22)19-15-14-17-8-4-5-9-18(17)16-19/h4-9,12-16,20H,1-3,10-11H2,(H,23,24). The molecule has 0 saturated heterocycles. The molecule has 0 aliphatic heterocycles. The van der Waals surface area contributed by atoms with Crippen molar-refractivity contribution in [1.29, 1.82) is 0 Å². The molecule has 4 heteroatoms. The zero-order chi connectivity index (χ0) is 18.0. The van der Waals surface area contributed by atoms with Crippen LogP contribution in [0.4, 0.5) is 0 Å². The van der Waals surface area contributed by atoms with E-state index >= 15 is 0 Å². The van der Waals surface area contributed by atoms with Gasteiger partial charge in [0.15, 0.2) is 0 Å². The molecule has 1 atom stereocenters. The Labute approximate surface area is 154 Å². The third kappa shape index (κ3) is 3.56. The van der Waals surface area contributed by atoms with Crippen molar-refractivity contribution in [1.82, 2.24) is 0 Å². The van der Waals surface area contributed by atoms with Crippen LogP contribution < -0.4 is 4.52 Å².